The summed E-state index contributed by atoms with van der Waals surface area (Å²) in [5.74, 6) is 0.700. The molecular formula is C20H26N2O5S. The van der Waals surface area contributed by atoms with E-state index in [1.54, 1.807) is 37.3 Å². The van der Waals surface area contributed by atoms with Crippen LogP contribution in [0.25, 0.3) is 0 Å². The number of carbonyl (C=O) groups excluding carboxylic acids is 1. The highest BCUT2D eigenvalue weighted by molar-refractivity contribution is 7.89. The summed E-state index contributed by atoms with van der Waals surface area (Å²) in [5, 5.41) is 2.62. The molecule has 0 saturated carbocycles. The van der Waals surface area contributed by atoms with Crippen LogP contribution < -0.4 is 19.5 Å². The minimum atomic E-state index is -3.63. The van der Waals surface area contributed by atoms with Crippen molar-refractivity contribution in [3.8, 4) is 11.5 Å². The molecule has 0 radical (unpaired) electrons. The van der Waals surface area contributed by atoms with Gasteiger partial charge in [0.25, 0.3) is 5.91 Å². The Hall–Kier alpha value is -2.58. The highest BCUT2D eigenvalue weighted by Crippen LogP contribution is 2.26. The molecule has 0 heterocycles. The van der Waals surface area contributed by atoms with Crippen molar-refractivity contribution >= 4 is 15.9 Å². The number of amides is 1. The first kappa shape index (κ1) is 21.7. The third kappa shape index (κ3) is 6.24. The molecule has 0 atom stereocenters. The number of benzene rings is 2. The molecule has 8 heteroatoms. The van der Waals surface area contributed by atoms with Crippen molar-refractivity contribution in [2.45, 2.75) is 25.7 Å². The lowest BCUT2D eigenvalue weighted by Crippen LogP contribution is -2.37. The summed E-state index contributed by atoms with van der Waals surface area (Å²) in [5.41, 5.74) is 1.53. The number of para-hydroxylation sites is 2. The fourth-order valence-corrected chi connectivity index (χ4v) is 3.86. The standard InChI is InChI=1S/C20H26N2O5S/c1-4-26-17-7-5-6-8-18(17)27-14-20(23)21-11-12-22-28(24,25)19-13-15(2)9-10-16(19)3/h5-10,13,22H,4,11-12,14H2,1-3H3,(H,21,23). The summed E-state index contributed by atoms with van der Waals surface area (Å²) in [6.45, 7) is 5.98. The lowest BCUT2D eigenvalue weighted by Gasteiger charge is -2.12. The number of sulfonamides is 1. The highest BCUT2D eigenvalue weighted by Gasteiger charge is 2.16. The maximum absolute atomic E-state index is 12.4. The van der Waals surface area contributed by atoms with E-state index in [4.69, 9.17) is 9.47 Å². The van der Waals surface area contributed by atoms with E-state index in [-0.39, 0.29) is 30.5 Å². The molecule has 28 heavy (non-hydrogen) atoms. The van der Waals surface area contributed by atoms with Gasteiger partial charge in [0.05, 0.1) is 11.5 Å². The SMILES string of the molecule is CCOc1ccccc1OCC(=O)NCCNS(=O)(=O)c1cc(C)ccc1C. The van der Waals surface area contributed by atoms with E-state index in [1.165, 1.54) is 0 Å². The minimum absolute atomic E-state index is 0.0803. The van der Waals surface area contributed by atoms with Crippen molar-refractivity contribution in [2.24, 2.45) is 0 Å². The summed E-state index contributed by atoms with van der Waals surface area (Å²) < 4.78 is 38.2. The Morgan fingerprint density at radius 2 is 1.68 bits per heavy atom. The number of aryl methyl sites for hydroxylation is 2. The largest absolute Gasteiger partial charge is 0.490 e. The normalized spacial score (nSPS) is 11.1. The molecule has 152 valence electrons. The molecule has 0 saturated heterocycles. The van der Waals surface area contributed by atoms with Crippen LogP contribution in [0.15, 0.2) is 47.4 Å². The van der Waals surface area contributed by atoms with Crippen molar-refractivity contribution in [1.29, 1.82) is 0 Å². The van der Waals surface area contributed by atoms with Gasteiger partial charge < -0.3 is 14.8 Å². The third-order valence-corrected chi connectivity index (χ3v) is 5.48. The van der Waals surface area contributed by atoms with E-state index >= 15 is 0 Å². The Morgan fingerprint density at radius 1 is 1.00 bits per heavy atom. The number of hydrogen-bond donors (Lipinski definition) is 2. The van der Waals surface area contributed by atoms with Gasteiger partial charge >= 0.3 is 0 Å². The molecule has 0 bridgehead atoms. The first-order valence-electron chi connectivity index (χ1n) is 9.01. The second kappa shape index (κ2) is 10.1. The molecular weight excluding hydrogens is 380 g/mol. The molecule has 0 aliphatic carbocycles. The smallest absolute Gasteiger partial charge is 0.257 e. The Morgan fingerprint density at radius 3 is 2.36 bits per heavy atom. The zero-order chi connectivity index (χ0) is 20.6. The van der Waals surface area contributed by atoms with Gasteiger partial charge in [-0.05, 0) is 50.1 Å². The molecule has 1 amide bonds. The second-order valence-electron chi connectivity index (χ2n) is 6.19. The van der Waals surface area contributed by atoms with Gasteiger partial charge in [0.2, 0.25) is 10.0 Å². The van der Waals surface area contributed by atoms with Gasteiger partial charge in [0.15, 0.2) is 18.1 Å². The Kier molecular flexibility index (Phi) is 7.83. The van der Waals surface area contributed by atoms with Crippen molar-refractivity contribution in [1.82, 2.24) is 10.0 Å². The lowest BCUT2D eigenvalue weighted by molar-refractivity contribution is -0.123. The van der Waals surface area contributed by atoms with Crippen molar-refractivity contribution in [2.75, 3.05) is 26.3 Å². The van der Waals surface area contributed by atoms with Crippen molar-refractivity contribution in [3.05, 3.63) is 53.6 Å². The highest BCUT2D eigenvalue weighted by atomic mass is 32.2. The van der Waals surface area contributed by atoms with Gasteiger partial charge in [-0.1, -0.05) is 24.3 Å². The van der Waals surface area contributed by atoms with Gasteiger partial charge in [0, 0.05) is 13.1 Å². The fraction of sp³-hybridized carbons (Fsp3) is 0.350. The number of hydrogen-bond acceptors (Lipinski definition) is 5. The lowest BCUT2D eigenvalue weighted by atomic mass is 10.2. The second-order valence-corrected chi connectivity index (χ2v) is 7.92. The average molecular weight is 407 g/mol. The maximum atomic E-state index is 12.4. The quantitative estimate of drug-likeness (QED) is 0.590. The van der Waals surface area contributed by atoms with E-state index in [9.17, 15) is 13.2 Å². The predicted octanol–water partition coefficient (Wildman–Crippen LogP) is 2.18. The number of ether oxygens (including phenoxy) is 2. The zero-order valence-corrected chi connectivity index (χ0v) is 17.1. The van der Waals surface area contributed by atoms with Crippen LogP contribution in [0, 0.1) is 13.8 Å². The third-order valence-electron chi connectivity index (χ3n) is 3.88. The molecule has 0 aliphatic rings. The van der Waals surface area contributed by atoms with E-state index in [1.807, 2.05) is 26.0 Å². The molecule has 2 aromatic carbocycles. The Balaban J connectivity index is 1.79. The van der Waals surface area contributed by atoms with Gasteiger partial charge in [0.1, 0.15) is 0 Å². The monoisotopic (exact) mass is 406 g/mol. The maximum Gasteiger partial charge on any atom is 0.257 e. The minimum Gasteiger partial charge on any atom is -0.490 e. The summed E-state index contributed by atoms with van der Waals surface area (Å²) in [4.78, 5) is 12.2. The average Bonchev–Trinajstić information content (AvgIpc) is 2.66. The number of rotatable bonds is 10. The summed E-state index contributed by atoms with van der Waals surface area (Å²) in [6.07, 6.45) is 0. The van der Waals surface area contributed by atoms with Crippen LogP contribution in [0.2, 0.25) is 0 Å². The van der Waals surface area contributed by atoms with E-state index < -0.39 is 10.0 Å². The molecule has 2 rings (SSSR count). The molecule has 0 aromatic heterocycles. The zero-order valence-electron chi connectivity index (χ0n) is 16.3. The van der Waals surface area contributed by atoms with Crippen LogP contribution in [0.4, 0.5) is 0 Å². The molecule has 0 aliphatic heterocycles. The van der Waals surface area contributed by atoms with E-state index in [2.05, 4.69) is 10.0 Å². The molecule has 2 N–H and O–H groups in total. The topological polar surface area (TPSA) is 93.7 Å². The number of nitrogens with one attached hydrogen (secondary N) is 2. The molecule has 0 fully saturated rings. The Labute approximate surface area is 166 Å². The molecule has 7 nitrogen and oxygen atoms in total. The van der Waals surface area contributed by atoms with Crippen LogP contribution in [-0.4, -0.2) is 40.6 Å². The Bertz CT molecular complexity index is 913. The van der Waals surface area contributed by atoms with Crippen LogP contribution in [0.3, 0.4) is 0 Å². The van der Waals surface area contributed by atoms with Gasteiger partial charge in [-0.25, -0.2) is 13.1 Å². The van der Waals surface area contributed by atoms with E-state index in [0.717, 1.165) is 5.56 Å². The van der Waals surface area contributed by atoms with Crippen LogP contribution in [-0.2, 0) is 14.8 Å². The number of carbonyl (C=O) groups is 1. The molecule has 2 aromatic rings. The van der Waals surface area contributed by atoms with Crippen LogP contribution in [0.1, 0.15) is 18.1 Å². The fourth-order valence-electron chi connectivity index (χ4n) is 2.50. The van der Waals surface area contributed by atoms with Gasteiger partial charge in [-0.3, -0.25) is 4.79 Å². The molecule has 0 unspecified atom stereocenters. The first-order valence-corrected chi connectivity index (χ1v) is 10.5. The van der Waals surface area contributed by atoms with E-state index in [0.29, 0.717) is 23.7 Å². The van der Waals surface area contributed by atoms with Crippen molar-refractivity contribution < 1.29 is 22.7 Å². The summed E-state index contributed by atoms with van der Waals surface area (Å²) >= 11 is 0. The van der Waals surface area contributed by atoms with Crippen LogP contribution >= 0.6 is 0 Å². The molecule has 0 spiro atoms. The van der Waals surface area contributed by atoms with Gasteiger partial charge in [-0.2, -0.15) is 0 Å². The predicted molar refractivity (Wildman–Crippen MR) is 107 cm³/mol. The first-order chi connectivity index (χ1) is 13.3. The summed E-state index contributed by atoms with van der Waals surface area (Å²) in [6, 6.07) is 12.3. The van der Waals surface area contributed by atoms with Crippen LogP contribution in [0.5, 0.6) is 11.5 Å². The summed E-state index contributed by atoms with van der Waals surface area (Å²) in [7, 11) is -3.63. The van der Waals surface area contributed by atoms with Gasteiger partial charge in [-0.15, -0.1) is 0 Å². The van der Waals surface area contributed by atoms with Crippen molar-refractivity contribution in [3.63, 3.8) is 0 Å².